The third-order valence-corrected chi connectivity index (χ3v) is 7.42. The highest BCUT2D eigenvalue weighted by Crippen LogP contribution is 2.39. The van der Waals surface area contributed by atoms with Crippen LogP contribution in [0.3, 0.4) is 0 Å². The van der Waals surface area contributed by atoms with Crippen LogP contribution in [-0.4, -0.2) is 62.8 Å². The van der Waals surface area contributed by atoms with E-state index in [1.165, 1.54) is 18.4 Å². The number of para-hydroxylation sites is 1. The summed E-state index contributed by atoms with van der Waals surface area (Å²) in [6, 6.07) is 16.6. The Morgan fingerprint density at radius 1 is 0.971 bits per heavy atom. The van der Waals surface area contributed by atoms with Crippen LogP contribution >= 0.6 is 12.2 Å². The van der Waals surface area contributed by atoms with E-state index >= 15 is 0 Å². The van der Waals surface area contributed by atoms with Crippen molar-refractivity contribution in [2.45, 2.75) is 45.8 Å². The molecule has 2 aromatic carbocycles. The molecule has 1 aliphatic carbocycles. The predicted molar refractivity (Wildman–Crippen MR) is 141 cm³/mol. The fourth-order valence-electron chi connectivity index (χ4n) is 4.78. The van der Waals surface area contributed by atoms with Crippen LogP contribution in [0.25, 0.3) is 0 Å². The lowest BCUT2D eigenvalue weighted by Gasteiger charge is -2.34. The SMILES string of the molecule is Cc1cccc(C)c1NC(=O)CN1CCN(Cn2nc(C3CC3)n(Cc3ccccc3)c2=S)CC1. The molecule has 7 nitrogen and oxygen atoms in total. The summed E-state index contributed by atoms with van der Waals surface area (Å²) < 4.78 is 5.01. The van der Waals surface area contributed by atoms with Crippen LogP contribution < -0.4 is 5.32 Å². The van der Waals surface area contributed by atoms with Crippen molar-refractivity contribution in [2.24, 2.45) is 0 Å². The molecule has 1 saturated carbocycles. The Bertz CT molecular complexity index is 1220. The first-order valence-corrected chi connectivity index (χ1v) is 12.9. The van der Waals surface area contributed by atoms with Gasteiger partial charge in [-0.1, -0.05) is 48.5 Å². The van der Waals surface area contributed by atoms with Gasteiger partial charge in [0.05, 0.1) is 19.8 Å². The smallest absolute Gasteiger partial charge is 0.238 e. The van der Waals surface area contributed by atoms with Gasteiger partial charge >= 0.3 is 0 Å². The number of piperazine rings is 1. The number of carbonyl (C=O) groups excluding carboxylic acids is 1. The fourth-order valence-corrected chi connectivity index (χ4v) is 5.04. The molecule has 1 amide bonds. The van der Waals surface area contributed by atoms with Crippen molar-refractivity contribution >= 4 is 23.8 Å². The Kier molecular flexibility index (Phi) is 7.13. The van der Waals surface area contributed by atoms with Gasteiger partial charge in [0.25, 0.3) is 0 Å². The third-order valence-electron chi connectivity index (χ3n) is 6.99. The second-order valence-corrected chi connectivity index (χ2v) is 10.2. The van der Waals surface area contributed by atoms with Crippen molar-refractivity contribution in [1.82, 2.24) is 24.1 Å². The molecule has 2 aliphatic rings. The number of carbonyl (C=O) groups is 1. The van der Waals surface area contributed by atoms with Crippen LogP contribution in [0.15, 0.2) is 48.5 Å². The minimum Gasteiger partial charge on any atom is -0.324 e. The van der Waals surface area contributed by atoms with Gasteiger partial charge in [-0.3, -0.25) is 19.2 Å². The summed E-state index contributed by atoms with van der Waals surface area (Å²) >= 11 is 5.86. The largest absolute Gasteiger partial charge is 0.324 e. The second-order valence-electron chi connectivity index (χ2n) is 9.84. The molecular weight excluding hydrogens is 456 g/mol. The summed E-state index contributed by atoms with van der Waals surface area (Å²) in [6.07, 6.45) is 2.40. The van der Waals surface area contributed by atoms with Gasteiger partial charge in [-0.2, -0.15) is 5.10 Å². The Hall–Kier alpha value is -2.81. The molecule has 0 unspecified atom stereocenters. The quantitative estimate of drug-likeness (QED) is 0.481. The monoisotopic (exact) mass is 490 g/mol. The van der Waals surface area contributed by atoms with Crippen LogP contribution in [0.1, 0.15) is 41.3 Å². The first kappa shape index (κ1) is 23.9. The maximum atomic E-state index is 12.7. The highest BCUT2D eigenvalue weighted by Gasteiger charge is 2.30. The van der Waals surface area contributed by atoms with Crippen molar-refractivity contribution in [3.05, 3.63) is 75.8 Å². The topological polar surface area (TPSA) is 58.3 Å². The molecule has 5 rings (SSSR count). The van der Waals surface area contributed by atoms with Gasteiger partial charge in [-0.15, -0.1) is 0 Å². The number of amides is 1. The summed E-state index contributed by atoms with van der Waals surface area (Å²) in [5.41, 5.74) is 4.37. The highest BCUT2D eigenvalue weighted by atomic mass is 32.1. The number of anilines is 1. The zero-order valence-corrected chi connectivity index (χ0v) is 21.4. The van der Waals surface area contributed by atoms with Gasteiger partial charge in [0.15, 0.2) is 4.77 Å². The molecule has 3 aromatic rings. The van der Waals surface area contributed by atoms with E-state index in [-0.39, 0.29) is 5.91 Å². The van der Waals surface area contributed by atoms with Crippen LogP contribution in [0, 0.1) is 18.6 Å². The molecule has 0 radical (unpaired) electrons. The second kappa shape index (κ2) is 10.4. The third kappa shape index (κ3) is 5.72. The molecule has 8 heteroatoms. The van der Waals surface area contributed by atoms with Crippen LogP contribution in [0.5, 0.6) is 0 Å². The van der Waals surface area contributed by atoms with E-state index < -0.39 is 0 Å². The lowest BCUT2D eigenvalue weighted by molar-refractivity contribution is -0.117. The van der Waals surface area contributed by atoms with Gasteiger partial charge in [0.1, 0.15) is 5.82 Å². The number of aromatic nitrogens is 3. The number of aryl methyl sites for hydroxylation is 2. The molecule has 1 N–H and O–H groups in total. The van der Waals surface area contributed by atoms with E-state index in [0.29, 0.717) is 19.1 Å². The molecule has 1 aliphatic heterocycles. The van der Waals surface area contributed by atoms with Crippen molar-refractivity contribution in [3.63, 3.8) is 0 Å². The fraction of sp³-hybridized carbons (Fsp3) is 0.444. The summed E-state index contributed by atoms with van der Waals surface area (Å²) in [4.78, 5) is 17.3. The van der Waals surface area contributed by atoms with E-state index in [4.69, 9.17) is 17.3 Å². The van der Waals surface area contributed by atoms with Crippen molar-refractivity contribution in [2.75, 3.05) is 38.0 Å². The van der Waals surface area contributed by atoms with Crippen LogP contribution in [-0.2, 0) is 18.0 Å². The Morgan fingerprint density at radius 2 is 1.63 bits per heavy atom. The predicted octanol–water partition coefficient (Wildman–Crippen LogP) is 4.17. The van der Waals surface area contributed by atoms with Gasteiger partial charge < -0.3 is 5.32 Å². The molecule has 0 bridgehead atoms. The van der Waals surface area contributed by atoms with Gasteiger partial charge in [0, 0.05) is 37.8 Å². The van der Waals surface area contributed by atoms with Crippen LogP contribution in [0.2, 0.25) is 0 Å². The maximum Gasteiger partial charge on any atom is 0.238 e. The van der Waals surface area contributed by atoms with Gasteiger partial charge in [-0.05, 0) is 55.6 Å². The zero-order chi connectivity index (χ0) is 24.4. The van der Waals surface area contributed by atoms with Crippen LogP contribution in [0.4, 0.5) is 5.69 Å². The standard InChI is InChI=1S/C27H34N6OS/c1-20-7-6-8-21(2)25(20)28-24(34)18-30-13-15-31(16-14-30)19-33-27(35)32(26(29-33)23-11-12-23)17-22-9-4-3-5-10-22/h3-10,23H,11-19H2,1-2H3,(H,28,34). The normalized spacial score (nSPS) is 17.0. The molecule has 35 heavy (non-hydrogen) atoms. The first-order valence-electron chi connectivity index (χ1n) is 12.5. The number of hydrogen-bond acceptors (Lipinski definition) is 5. The lowest BCUT2D eigenvalue weighted by Crippen LogP contribution is -2.49. The number of nitrogens with one attached hydrogen (secondary N) is 1. The maximum absolute atomic E-state index is 12.7. The van der Waals surface area contributed by atoms with E-state index in [2.05, 4.69) is 43.9 Å². The van der Waals surface area contributed by atoms with Gasteiger partial charge in [-0.25, -0.2) is 4.68 Å². The average Bonchev–Trinajstić information content (AvgIpc) is 3.65. The summed E-state index contributed by atoms with van der Waals surface area (Å²) in [5.74, 6) is 1.71. The molecule has 1 saturated heterocycles. The number of rotatable bonds is 8. The minimum absolute atomic E-state index is 0.0480. The van der Waals surface area contributed by atoms with Crippen molar-refractivity contribution in [1.29, 1.82) is 0 Å². The highest BCUT2D eigenvalue weighted by molar-refractivity contribution is 7.71. The molecule has 2 heterocycles. The Balaban J connectivity index is 1.17. The summed E-state index contributed by atoms with van der Waals surface area (Å²) in [6.45, 7) is 9.44. The number of nitrogens with zero attached hydrogens (tertiary/aromatic N) is 5. The Morgan fingerprint density at radius 3 is 2.29 bits per heavy atom. The average molecular weight is 491 g/mol. The molecule has 184 valence electrons. The minimum atomic E-state index is 0.0480. The number of benzene rings is 2. The zero-order valence-electron chi connectivity index (χ0n) is 20.6. The first-order chi connectivity index (χ1) is 17.0. The van der Waals surface area contributed by atoms with E-state index in [1.54, 1.807) is 0 Å². The van der Waals surface area contributed by atoms with Crippen molar-refractivity contribution in [3.8, 4) is 0 Å². The van der Waals surface area contributed by atoms with Crippen molar-refractivity contribution < 1.29 is 4.79 Å². The van der Waals surface area contributed by atoms with E-state index in [0.717, 1.165) is 60.1 Å². The molecule has 2 fully saturated rings. The lowest BCUT2D eigenvalue weighted by atomic mass is 10.1. The summed E-state index contributed by atoms with van der Waals surface area (Å²) in [5, 5.41) is 8.05. The van der Waals surface area contributed by atoms with E-state index in [9.17, 15) is 4.79 Å². The van der Waals surface area contributed by atoms with E-state index in [1.807, 2.05) is 42.8 Å². The molecule has 0 atom stereocenters. The molecule has 0 spiro atoms. The Labute approximate surface area is 212 Å². The van der Waals surface area contributed by atoms with Gasteiger partial charge in [0.2, 0.25) is 5.91 Å². The molecule has 1 aromatic heterocycles. The number of hydrogen-bond donors (Lipinski definition) is 1. The summed E-state index contributed by atoms with van der Waals surface area (Å²) in [7, 11) is 0. The molecular formula is C27H34N6OS.